The fourth-order valence-corrected chi connectivity index (χ4v) is 0.718. The number of amides is 1. The van der Waals surface area contributed by atoms with E-state index in [9.17, 15) is 4.79 Å². The van der Waals surface area contributed by atoms with Crippen LogP contribution in [0.5, 0.6) is 5.75 Å². The average Bonchev–Trinajstić information content (AvgIpc) is 2.19. The highest BCUT2D eigenvalue weighted by atomic mass is 16.7. The second-order valence-electron chi connectivity index (χ2n) is 2.42. The summed E-state index contributed by atoms with van der Waals surface area (Å²) >= 11 is 0. The Morgan fingerprint density at radius 2 is 2.08 bits per heavy atom. The molecule has 0 bridgehead atoms. The number of carbonyl (C=O) groups is 1. The van der Waals surface area contributed by atoms with Gasteiger partial charge in [-0.15, -0.1) is 0 Å². The Kier molecular flexibility index (Phi) is 3.78. The van der Waals surface area contributed by atoms with Crippen molar-refractivity contribution in [2.45, 2.75) is 13.3 Å². The van der Waals surface area contributed by atoms with Gasteiger partial charge in [-0.05, 0) is 12.1 Å². The summed E-state index contributed by atoms with van der Waals surface area (Å²) in [6.45, 7) is 1.76. The second-order valence-corrected chi connectivity index (χ2v) is 2.42. The molecule has 70 valence electrons. The number of hydrogen-bond donors (Lipinski definition) is 2. The van der Waals surface area contributed by atoms with E-state index in [1.54, 1.807) is 19.1 Å². The van der Waals surface area contributed by atoms with Crippen molar-refractivity contribution in [2.75, 3.05) is 0 Å². The predicted molar refractivity (Wildman–Crippen MR) is 48.6 cm³/mol. The number of hydrogen-bond acceptors (Lipinski definition) is 3. The molecule has 0 radical (unpaired) electrons. The van der Waals surface area contributed by atoms with Crippen molar-refractivity contribution in [1.82, 2.24) is 11.0 Å². The van der Waals surface area contributed by atoms with Crippen molar-refractivity contribution in [3.8, 4) is 5.75 Å². The van der Waals surface area contributed by atoms with Crippen molar-refractivity contribution in [3.63, 3.8) is 0 Å². The molecule has 0 saturated heterocycles. The molecule has 0 fully saturated rings. The number of para-hydroxylation sites is 1. The summed E-state index contributed by atoms with van der Waals surface area (Å²) in [6.07, 6.45) is 0.422. The fourth-order valence-electron chi connectivity index (χ4n) is 0.718. The minimum Gasteiger partial charge on any atom is -0.389 e. The SMILES string of the molecule is CCC(=O)NNOc1ccccc1. The lowest BCUT2D eigenvalue weighted by atomic mass is 10.3. The lowest BCUT2D eigenvalue weighted by molar-refractivity contribution is -0.124. The first-order valence-corrected chi connectivity index (χ1v) is 4.08. The van der Waals surface area contributed by atoms with Gasteiger partial charge in [-0.25, -0.2) is 0 Å². The molecule has 1 aromatic rings. The quantitative estimate of drug-likeness (QED) is 0.680. The van der Waals surface area contributed by atoms with Crippen LogP contribution in [0.25, 0.3) is 0 Å². The van der Waals surface area contributed by atoms with Crippen LogP contribution in [0.1, 0.15) is 13.3 Å². The Morgan fingerprint density at radius 3 is 2.69 bits per heavy atom. The molecule has 1 aromatic carbocycles. The third-order valence-electron chi connectivity index (χ3n) is 1.42. The first kappa shape index (κ1) is 9.54. The summed E-state index contributed by atoms with van der Waals surface area (Å²) in [5, 5.41) is 0. The Labute approximate surface area is 76.8 Å². The molecule has 4 nitrogen and oxygen atoms in total. The van der Waals surface area contributed by atoms with Gasteiger partial charge in [0.05, 0.1) is 0 Å². The smallest absolute Gasteiger partial charge is 0.236 e. The zero-order valence-electron chi connectivity index (χ0n) is 7.41. The minimum atomic E-state index is -0.115. The maximum absolute atomic E-state index is 10.7. The third-order valence-corrected chi connectivity index (χ3v) is 1.42. The van der Waals surface area contributed by atoms with Crippen molar-refractivity contribution in [2.24, 2.45) is 0 Å². The maximum atomic E-state index is 10.7. The molecule has 1 rings (SSSR count). The molecule has 0 aliphatic heterocycles. The van der Waals surface area contributed by atoms with Crippen LogP contribution < -0.4 is 15.9 Å². The van der Waals surface area contributed by atoms with Crippen molar-refractivity contribution in [3.05, 3.63) is 30.3 Å². The van der Waals surface area contributed by atoms with E-state index in [1.807, 2.05) is 18.2 Å². The van der Waals surface area contributed by atoms with Gasteiger partial charge in [0, 0.05) is 6.42 Å². The van der Waals surface area contributed by atoms with Crippen molar-refractivity contribution in [1.29, 1.82) is 0 Å². The Morgan fingerprint density at radius 1 is 1.38 bits per heavy atom. The van der Waals surface area contributed by atoms with Crippen molar-refractivity contribution >= 4 is 5.91 Å². The highest BCUT2D eigenvalue weighted by Crippen LogP contribution is 2.05. The van der Waals surface area contributed by atoms with E-state index in [2.05, 4.69) is 11.0 Å². The molecule has 13 heavy (non-hydrogen) atoms. The summed E-state index contributed by atoms with van der Waals surface area (Å²) in [5.41, 5.74) is 4.72. The van der Waals surface area contributed by atoms with Crippen LogP contribution in [0.15, 0.2) is 30.3 Å². The second kappa shape index (κ2) is 5.16. The van der Waals surface area contributed by atoms with Crippen LogP contribution in [0, 0.1) is 0 Å². The van der Waals surface area contributed by atoms with Gasteiger partial charge >= 0.3 is 0 Å². The lowest BCUT2D eigenvalue weighted by Gasteiger charge is -2.06. The summed E-state index contributed by atoms with van der Waals surface area (Å²) < 4.78 is 0. The zero-order chi connectivity index (χ0) is 9.52. The summed E-state index contributed by atoms with van der Waals surface area (Å²) in [4.78, 5) is 15.7. The van der Waals surface area contributed by atoms with Crippen LogP contribution in [-0.4, -0.2) is 5.91 Å². The molecule has 0 saturated carbocycles. The van der Waals surface area contributed by atoms with E-state index in [0.29, 0.717) is 12.2 Å². The third kappa shape index (κ3) is 3.57. The van der Waals surface area contributed by atoms with Crippen LogP contribution in [0.3, 0.4) is 0 Å². The molecule has 0 aromatic heterocycles. The van der Waals surface area contributed by atoms with E-state index < -0.39 is 0 Å². The summed E-state index contributed by atoms with van der Waals surface area (Å²) in [5.74, 6) is 0.537. The topological polar surface area (TPSA) is 50.4 Å². The highest BCUT2D eigenvalue weighted by Gasteiger charge is 1.94. The highest BCUT2D eigenvalue weighted by molar-refractivity contribution is 5.74. The predicted octanol–water partition coefficient (Wildman–Crippen LogP) is 1.01. The molecule has 4 heteroatoms. The van der Waals surface area contributed by atoms with Gasteiger partial charge in [0.25, 0.3) is 0 Å². The largest absolute Gasteiger partial charge is 0.389 e. The molecule has 0 atom stereocenters. The van der Waals surface area contributed by atoms with Crippen LogP contribution in [0.4, 0.5) is 0 Å². The van der Waals surface area contributed by atoms with Gasteiger partial charge in [-0.3, -0.25) is 10.2 Å². The van der Waals surface area contributed by atoms with Gasteiger partial charge in [-0.1, -0.05) is 30.7 Å². The molecule has 0 aliphatic rings. The number of hydrazine groups is 1. The minimum absolute atomic E-state index is 0.115. The molecule has 2 N–H and O–H groups in total. The molecule has 0 spiro atoms. The number of benzene rings is 1. The number of carbonyl (C=O) groups excluding carboxylic acids is 1. The lowest BCUT2D eigenvalue weighted by Crippen LogP contribution is -2.39. The summed E-state index contributed by atoms with van der Waals surface area (Å²) in [7, 11) is 0. The van der Waals surface area contributed by atoms with Gasteiger partial charge in [-0.2, -0.15) is 0 Å². The molecular weight excluding hydrogens is 168 g/mol. The Bertz CT molecular complexity index is 262. The van der Waals surface area contributed by atoms with E-state index >= 15 is 0 Å². The molecular formula is C9H12N2O2. The standard InChI is InChI=1S/C9H12N2O2/c1-2-9(12)10-11-13-8-6-4-3-5-7-8/h3-7,11H,2H2,1H3,(H,10,12). The normalized spacial score (nSPS) is 9.31. The summed E-state index contributed by atoms with van der Waals surface area (Å²) in [6, 6.07) is 9.14. The van der Waals surface area contributed by atoms with Gasteiger partial charge in [0.15, 0.2) is 0 Å². The molecule has 0 heterocycles. The van der Waals surface area contributed by atoms with E-state index in [4.69, 9.17) is 4.84 Å². The number of nitrogens with one attached hydrogen (secondary N) is 2. The van der Waals surface area contributed by atoms with Crippen LogP contribution in [-0.2, 0) is 4.79 Å². The van der Waals surface area contributed by atoms with Crippen molar-refractivity contribution < 1.29 is 9.63 Å². The first-order valence-electron chi connectivity index (χ1n) is 4.08. The van der Waals surface area contributed by atoms with Gasteiger partial charge < -0.3 is 4.84 Å². The van der Waals surface area contributed by atoms with E-state index in [1.165, 1.54) is 0 Å². The zero-order valence-corrected chi connectivity index (χ0v) is 7.41. The Balaban J connectivity index is 2.24. The maximum Gasteiger partial charge on any atom is 0.236 e. The van der Waals surface area contributed by atoms with Crippen LogP contribution in [0.2, 0.25) is 0 Å². The van der Waals surface area contributed by atoms with E-state index in [-0.39, 0.29) is 5.91 Å². The van der Waals surface area contributed by atoms with Gasteiger partial charge in [0.1, 0.15) is 5.75 Å². The Hall–Kier alpha value is -1.55. The molecule has 0 aliphatic carbocycles. The van der Waals surface area contributed by atoms with Gasteiger partial charge in [0.2, 0.25) is 5.91 Å². The molecule has 0 unspecified atom stereocenters. The van der Waals surface area contributed by atoms with Crippen LogP contribution >= 0.6 is 0 Å². The van der Waals surface area contributed by atoms with E-state index in [0.717, 1.165) is 0 Å². The number of rotatable bonds is 4. The average molecular weight is 180 g/mol. The first-order chi connectivity index (χ1) is 6.33. The fraction of sp³-hybridized carbons (Fsp3) is 0.222. The molecule has 1 amide bonds. The monoisotopic (exact) mass is 180 g/mol.